The SMILES string of the molecule is Cc1ccc(CCNC(=O)c2cccc(CC(C)(C)NC[C@H](O[Si](C)(C)C(C)(C)C)c3ccc(O)c(CO)c3)c2)cc1. The number of aliphatic hydroxyl groups excluding tert-OH is 1. The summed E-state index contributed by atoms with van der Waals surface area (Å²) in [5, 5.41) is 26.7. The molecule has 0 spiro atoms. The first kappa shape index (κ1) is 33.5. The number of carbonyl (C=O) groups excluding carboxylic acids is 1. The van der Waals surface area contributed by atoms with Crippen LogP contribution in [0.1, 0.15) is 78.9 Å². The second-order valence-corrected chi connectivity index (χ2v) is 18.3. The molecule has 0 bridgehead atoms. The van der Waals surface area contributed by atoms with Crippen molar-refractivity contribution in [2.45, 2.75) is 90.8 Å². The van der Waals surface area contributed by atoms with E-state index >= 15 is 0 Å². The highest BCUT2D eigenvalue weighted by Gasteiger charge is 2.39. The molecular formula is C35H50N2O4Si. The fourth-order valence-electron chi connectivity index (χ4n) is 4.63. The molecule has 6 nitrogen and oxygen atoms in total. The Morgan fingerprint density at radius 3 is 2.29 bits per heavy atom. The van der Waals surface area contributed by atoms with Crippen LogP contribution in [-0.4, -0.2) is 43.1 Å². The van der Waals surface area contributed by atoms with E-state index in [0.717, 1.165) is 24.0 Å². The quantitative estimate of drug-likeness (QED) is 0.164. The number of aromatic hydroxyl groups is 1. The third-order valence-electron chi connectivity index (χ3n) is 8.31. The smallest absolute Gasteiger partial charge is 0.251 e. The summed E-state index contributed by atoms with van der Waals surface area (Å²) in [5.74, 6) is 0.0178. The fourth-order valence-corrected chi connectivity index (χ4v) is 5.92. The Labute approximate surface area is 253 Å². The molecule has 4 N–H and O–H groups in total. The van der Waals surface area contributed by atoms with E-state index in [1.54, 1.807) is 6.07 Å². The van der Waals surface area contributed by atoms with Gasteiger partial charge in [0.05, 0.1) is 12.7 Å². The zero-order chi connectivity index (χ0) is 31.1. The first-order chi connectivity index (χ1) is 19.6. The Morgan fingerprint density at radius 1 is 0.952 bits per heavy atom. The van der Waals surface area contributed by atoms with E-state index in [4.69, 9.17) is 4.43 Å². The van der Waals surface area contributed by atoms with Gasteiger partial charge in [0.15, 0.2) is 8.32 Å². The zero-order valence-corrected chi connectivity index (χ0v) is 27.7. The lowest BCUT2D eigenvalue weighted by Crippen LogP contribution is -2.47. The molecule has 0 aliphatic carbocycles. The largest absolute Gasteiger partial charge is 0.508 e. The molecule has 1 atom stereocenters. The Morgan fingerprint density at radius 2 is 1.64 bits per heavy atom. The molecule has 0 fully saturated rings. The maximum Gasteiger partial charge on any atom is 0.251 e. The van der Waals surface area contributed by atoms with Crippen LogP contribution < -0.4 is 10.6 Å². The monoisotopic (exact) mass is 590 g/mol. The molecule has 3 aromatic carbocycles. The molecule has 42 heavy (non-hydrogen) atoms. The summed E-state index contributed by atoms with van der Waals surface area (Å²) >= 11 is 0. The zero-order valence-electron chi connectivity index (χ0n) is 26.7. The van der Waals surface area contributed by atoms with E-state index < -0.39 is 8.32 Å². The summed E-state index contributed by atoms with van der Waals surface area (Å²) in [6.07, 6.45) is 1.27. The van der Waals surface area contributed by atoms with Gasteiger partial charge in [-0.2, -0.15) is 0 Å². The van der Waals surface area contributed by atoms with Crippen molar-refractivity contribution in [1.82, 2.24) is 10.6 Å². The molecule has 0 heterocycles. The number of aliphatic hydroxyl groups is 1. The van der Waals surface area contributed by atoms with Gasteiger partial charge < -0.3 is 25.3 Å². The van der Waals surface area contributed by atoms with Crippen LogP contribution in [0.4, 0.5) is 0 Å². The van der Waals surface area contributed by atoms with Crippen molar-refractivity contribution < 1.29 is 19.4 Å². The van der Waals surface area contributed by atoms with Crippen molar-refractivity contribution in [1.29, 1.82) is 0 Å². The van der Waals surface area contributed by atoms with Crippen molar-refractivity contribution in [2.75, 3.05) is 13.1 Å². The lowest BCUT2D eigenvalue weighted by atomic mass is 9.93. The highest BCUT2D eigenvalue weighted by Crippen LogP contribution is 2.40. The molecule has 3 aromatic rings. The van der Waals surface area contributed by atoms with Gasteiger partial charge in [0.25, 0.3) is 5.91 Å². The third-order valence-corrected chi connectivity index (χ3v) is 12.8. The van der Waals surface area contributed by atoms with E-state index in [0.29, 0.717) is 24.2 Å². The molecule has 0 aliphatic rings. The van der Waals surface area contributed by atoms with E-state index in [-0.39, 0.29) is 34.9 Å². The summed E-state index contributed by atoms with van der Waals surface area (Å²) < 4.78 is 6.86. The van der Waals surface area contributed by atoms with Crippen molar-refractivity contribution in [2.24, 2.45) is 0 Å². The third kappa shape index (κ3) is 9.53. The normalized spacial score (nSPS) is 13.2. The van der Waals surface area contributed by atoms with Gasteiger partial charge in [0, 0.05) is 29.8 Å². The minimum Gasteiger partial charge on any atom is -0.508 e. The Balaban J connectivity index is 1.68. The number of nitrogens with one attached hydrogen (secondary N) is 2. The molecule has 3 rings (SSSR count). The van der Waals surface area contributed by atoms with Crippen LogP contribution in [0.2, 0.25) is 18.1 Å². The van der Waals surface area contributed by atoms with Crippen molar-refractivity contribution in [3.8, 4) is 5.75 Å². The first-order valence-electron chi connectivity index (χ1n) is 14.9. The molecular weight excluding hydrogens is 540 g/mol. The van der Waals surface area contributed by atoms with Crippen LogP contribution in [0.25, 0.3) is 0 Å². The predicted octanol–water partition coefficient (Wildman–Crippen LogP) is 6.84. The van der Waals surface area contributed by atoms with E-state index in [9.17, 15) is 15.0 Å². The van der Waals surface area contributed by atoms with E-state index in [2.05, 4.69) is 95.6 Å². The average Bonchev–Trinajstić information content (AvgIpc) is 2.91. The van der Waals surface area contributed by atoms with Gasteiger partial charge in [-0.05, 0) is 92.7 Å². The maximum atomic E-state index is 12.9. The molecule has 0 saturated carbocycles. The standard InChI is InChI=1S/C35H50N2O4Si/c1-25-12-14-26(15-13-25)18-19-36-33(40)29-11-9-10-27(20-29)22-35(5,6)37-23-32(41-42(7,8)34(2,3)4)28-16-17-31(39)30(21-28)24-38/h9-17,20-21,32,37-39H,18-19,22-24H2,1-8H3,(H,36,40)/t32-/m0/s1. The lowest BCUT2D eigenvalue weighted by molar-refractivity contribution is 0.0954. The summed E-state index contributed by atoms with van der Waals surface area (Å²) in [6, 6.07) is 21.6. The van der Waals surface area contributed by atoms with Crippen molar-refractivity contribution >= 4 is 14.2 Å². The maximum absolute atomic E-state index is 12.9. The Kier molecular flexibility index (Phi) is 11.2. The highest BCUT2D eigenvalue weighted by atomic mass is 28.4. The van der Waals surface area contributed by atoms with Crippen LogP contribution in [0.3, 0.4) is 0 Å². The van der Waals surface area contributed by atoms with Crippen LogP contribution >= 0.6 is 0 Å². The minimum absolute atomic E-state index is 0.0264. The summed E-state index contributed by atoms with van der Waals surface area (Å²) in [7, 11) is -2.13. The van der Waals surface area contributed by atoms with Gasteiger partial charge in [-0.15, -0.1) is 0 Å². The lowest BCUT2D eigenvalue weighted by Gasteiger charge is -2.40. The van der Waals surface area contributed by atoms with E-state index in [1.807, 2.05) is 30.3 Å². The van der Waals surface area contributed by atoms with Crippen LogP contribution in [0, 0.1) is 6.92 Å². The number of hydrogen-bond acceptors (Lipinski definition) is 5. The van der Waals surface area contributed by atoms with Gasteiger partial charge >= 0.3 is 0 Å². The molecule has 7 heteroatoms. The number of aryl methyl sites for hydroxylation is 1. The predicted molar refractivity (Wildman–Crippen MR) is 174 cm³/mol. The number of benzene rings is 3. The first-order valence-corrected chi connectivity index (χ1v) is 17.8. The minimum atomic E-state index is -2.13. The molecule has 0 radical (unpaired) electrons. The Bertz CT molecular complexity index is 1330. The van der Waals surface area contributed by atoms with Crippen LogP contribution in [0.5, 0.6) is 5.75 Å². The van der Waals surface area contributed by atoms with Gasteiger partial charge in [0.1, 0.15) is 5.75 Å². The molecule has 0 saturated heterocycles. The second-order valence-electron chi connectivity index (χ2n) is 13.5. The Hall–Kier alpha value is -2.97. The summed E-state index contributed by atoms with van der Waals surface area (Å²) in [4.78, 5) is 12.9. The second kappa shape index (κ2) is 14.0. The number of phenols is 1. The van der Waals surface area contributed by atoms with Crippen molar-refractivity contribution in [3.05, 3.63) is 100 Å². The van der Waals surface area contributed by atoms with Gasteiger partial charge in [-0.1, -0.05) is 68.8 Å². The highest BCUT2D eigenvalue weighted by molar-refractivity contribution is 6.74. The van der Waals surface area contributed by atoms with Gasteiger partial charge in [-0.3, -0.25) is 4.79 Å². The molecule has 0 aromatic heterocycles. The summed E-state index contributed by atoms with van der Waals surface area (Å²) in [6.45, 7) is 18.4. The topological polar surface area (TPSA) is 90.8 Å². The number of hydrogen-bond donors (Lipinski definition) is 4. The average molecular weight is 591 g/mol. The van der Waals surface area contributed by atoms with Crippen molar-refractivity contribution in [3.63, 3.8) is 0 Å². The van der Waals surface area contributed by atoms with Gasteiger partial charge in [0.2, 0.25) is 0 Å². The van der Waals surface area contributed by atoms with Crippen LogP contribution in [0.15, 0.2) is 66.7 Å². The molecule has 0 aliphatic heterocycles. The van der Waals surface area contributed by atoms with Gasteiger partial charge in [-0.25, -0.2) is 0 Å². The van der Waals surface area contributed by atoms with E-state index in [1.165, 1.54) is 11.1 Å². The summed E-state index contributed by atoms with van der Waals surface area (Å²) in [5.41, 5.74) is 5.30. The molecule has 0 unspecified atom stereocenters. The molecule has 1 amide bonds. The fraction of sp³-hybridized carbons (Fsp3) is 0.457. The molecule has 228 valence electrons. The number of rotatable bonds is 13. The number of amides is 1. The van der Waals surface area contributed by atoms with Crippen LogP contribution in [-0.2, 0) is 23.9 Å². The number of carbonyl (C=O) groups is 1.